The molecule has 0 radical (unpaired) electrons. The van der Waals surface area contributed by atoms with E-state index in [1.54, 1.807) is 30.3 Å². The van der Waals surface area contributed by atoms with Crippen LogP contribution in [0.25, 0.3) is 0 Å². The number of nitrogens with one attached hydrogen (secondary N) is 1. The van der Waals surface area contributed by atoms with Crippen molar-refractivity contribution in [3.8, 4) is 0 Å². The summed E-state index contributed by atoms with van der Waals surface area (Å²) < 4.78 is 42.7. The van der Waals surface area contributed by atoms with Crippen molar-refractivity contribution < 1.29 is 22.7 Å². The van der Waals surface area contributed by atoms with Gasteiger partial charge in [0.25, 0.3) is 0 Å². The second-order valence-corrected chi connectivity index (χ2v) is 4.17. The molecule has 1 unspecified atom stereocenters. The number of alkyl halides is 3. The zero-order valence-electron chi connectivity index (χ0n) is 10.8. The molecule has 0 saturated heterocycles. The summed E-state index contributed by atoms with van der Waals surface area (Å²) in [5.74, 6) is 0. The van der Waals surface area contributed by atoms with Crippen molar-refractivity contribution in [2.45, 2.75) is 31.7 Å². The SMILES string of the molecule is C=CCCC(NC(=O)OCc1ccccc1)C(F)(F)F. The molecule has 0 heterocycles. The number of carbonyl (C=O) groups excluding carboxylic acids is 1. The van der Waals surface area contributed by atoms with Crippen LogP contribution in [0.5, 0.6) is 0 Å². The van der Waals surface area contributed by atoms with Crippen LogP contribution in [0.15, 0.2) is 43.0 Å². The Bertz CT molecular complexity index is 432. The number of ether oxygens (including phenoxy) is 1. The van der Waals surface area contributed by atoms with Crippen molar-refractivity contribution >= 4 is 6.09 Å². The van der Waals surface area contributed by atoms with Crippen molar-refractivity contribution in [1.82, 2.24) is 5.32 Å². The lowest BCUT2D eigenvalue weighted by atomic mass is 10.1. The largest absolute Gasteiger partial charge is 0.445 e. The Morgan fingerprint density at radius 1 is 1.35 bits per heavy atom. The summed E-state index contributed by atoms with van der Waals surface area (Å²) in [7, 11) is 0. The molecule has 1 N–H and O–H groups in total. The van der Waals surface area contributed by atoms with Crippen LogP contribution >= 0.6 is 0 Å². The minimum atomic E-state index is -4.51. The fraction of sp³-hybridized carbons (Fsp3) is 0.357. The lowest BCUT2D eigenvalue weighted by molar-refractivity contribution is -0.155. The molecule has 0 saturated carbocycles. The third-order valence-corrected chi connectivity index (χ3v) is 2.56. The van der Waals surface area contributed by atoms with Gasteiger partial charge in [-0.05, 0) is 18.4 Å². The molecular formula is C14H16F3NO2. The summed E-state index contributed by atoms with van der Waals surface area (Å²) in [4.78, 5) is 11.4. The monoisotopic (exact) mass is 287 g/mol. The highest BCUT2D eigenvalue weighted by molar-refractivity contribution is 5.67. The van der Waals surface area contributed by atoms with Crippen molar-refractivity contribution in [1.29, 1.82) is 0 Å². The number of benzene rings is 1. The zero-order chi connectivity index (χ0) is 15.0. The van der Waals surface area contributed by atoms with Gasteiger partial charge in [-0.3, -0.25) is 0 Å². The molecule has 1 aromatic rings. The number of carbonyl (C=O) groups is 1. The predicted octanol–water partition coefficient (Wildman–Crippen LogP) is 3.81. The van der Waals surface area contributed by atoms with Crippen LogP contribution in [0.3, 0.4) is 0 Å². The van der Waals surface area contributed by atoms with E-state index in [1.807, 2.05) is 5.32 Å². The first-order chi connectivity index (χ1) is 9.43. The number of halogens is 3. The van der Waals surface area contributed by atoms with E-state index in [2.05, 4.69) is 6.58 Å². The van der Waals surface area contributed by atoms with E-state index >= 15 is 0 Å². The maximum atomic E-state index is 12.7. The maximum Gasteiger partial charge on any atom is 0.408 e. The summed E-state index contributed by atoms with van der Waals surface area (Å²) in [5, 5.41) is 1.83. The summed E-state index contributed by atoms with van der Waals surface area (Å²) in [5.41, 5.74) is 0.706. The standard InChI is InChI=1S/C14H16F3NO2/c1-2-3-9-12(14(15,16)17)18-13(19)20-10-11-7-5-4-6-8-11/h2,4-8,12H,1,3,9-10H2,(H,18,19). The molecule has 6 heteroatoms. The van der Waals surface area contributed by atoms with E-state index < -0.39 is 18.3 Å². The quantitative estimate of drug-likeness (QED) is 0.808. The first-order valence-corrected chi connectivity index (χ1v) is 6.08. The molecule has 0 aromatic heterocycles. The number of amides is 1. The molecule has 1 aromatic carbocycles. The van der Waals surface area contributed by atoms with Gasteiger partial charge in [-0.2, -0.15) is 13.2 Å². The van der Waals surface area contributed by atoms with Gasteiger partial charge in [-0.1, -0.05) is 36.4 Å². The Labute approximate surface area is 115 Å². The van der Waals surface area contributed by atoms with E-state index in [0.29, 0.717) is 5.56 Å². The third kappa shape index (κ3) is 5.77. The predicted molar refractivity (Wildman–Crippen MR) is 69.0 cm³/mol. The zero-order valence-corrected chi connectivity index (χ0v) is 10.8. The molecule has 0 fully saturated rings. The van der Waals surface area contributed by atoms with Gasteiger partial charge in [0.2, 0.25) is 0 Å². The van der Waals surface area contributed by atoms with Crippen molar-refractivity contribution in [3.63, 3.8) is 0 Å². The fourth-order valence-electron chi connectivity index (χ4n) is 1.51. The minimum Gasteiger partial charge on any atom is -0.445 e. The van der Waals surface area contributed by atoms with E-state index in [1.165, 1.54) is 6.08 Å². The first kappa shape index (κ1) is 16.1. The Morgan fingerprint density at radius 2 is 2.00 bits per heavy atom. The normalized spacial score (nSPS) is 12.6. The first-order valence-electron chi connectivity index (χ1n) is 6.08. The number of hydrogen-bond acceptors (Lipinski definition) is 2. The molecule has 0 aliphatic heterocycles. The fourth-order valence-corrected chi connectivity index (χ4v) is 1.51. The minimum absolute atomic E-state index is 0.0707. The Morgan fingerprint density at radius 3 is 2.55 bits per heavy atom. The summed E-state index contributed by atoms with van der Waals surface area (Å²) in [6.45, 7) is 3.29. The van der Waals surface area contributed by atoms with Crippen LogP contribution in [0.1, 0.15) is 18.4 Å². The summed E-state index contributed by atoms with van der Waals surface area (Å²) in [6, 6.07) is 6.79. The number of alkyl carbamates (subject to hydrolysis) is 1. The number of allylic oxidation sites excluding steroid dienone is 1. The van der Waals surface area contributed by atoms with E-state index in [4.69, 9.17) is 4.74 Å². The second kappa shape index (κ2) is 7.57. The van der Waals surface area contributed by atoms with Gasteiger partial charge in [0.15, 0.2) is 0 Å². The molecule has 1 rings (SSSR count). The highest BCUT2D eigenvalue weighted by Crippen LogP contribution is 2.23. The van der Waals surface area contributed by atoms with Crippen LogP contribution in [-0.4, -0.2) is 18.3 Å². The maximum absolute atomic E-state index is 12.7. The number of hydrogen-bond donors (Lipinski definition) is 1. The lowest BCUT2D eigenvalue weighted by Gasteiger charge is -2.20. The molecule has 20 heavy (non-hydrogen) atoms. The molecule has 0 bridgehead atoms. The van der Waals surface area contributed by atoms with Gasteiger partial charge in [-0.15, -0.1) is 6.58 Å². The Hall–Kier alpha value is -1.98. The molecular weight excluding hydrogens is 271 g/mol. The molecule has 1 atom stereocenters. The van der Waals surface area contributed by atoms with Crippen LogP contribution in [-0.2, 0) is 11.3 Å². The average molecular weight is 287 g/mol. The van der Waals surface area contributed by atoms with Gasteiger partial charge >= 0.3 is 12.3 Å². The van der Waals surface area contributed by atoms with Gasteiger partial charge < -0.3 is 10.1 Å². The van der Waals surface area contributed by atoms with Gasteiger partial charge in [-0.25, -0.2) is 4.79 Å². The Balaban J connectivity index is 2.47. The van der Waals surface area contributed by atoms with Crippen LogP contribution in [0.2, 0.25) is 0 Å². The molecule has 0 aliphatic carbocycles. The van der Waals surface area contributed by atoms with Gasteiger partial charge in [0, 0.05) is 0 Å². The second-order valence-electron chi connectivity index (χ2n) is 4.17. The Kier molecular flexibility index (Phi) is 6.09. The number of rotatable bonds is 6. The average Bonchev–Trinajstić information content (AvgIpc) is 2.41. The summed E-state index contributed by atoms with van der Waals surface area (Å²) in [6.07, 6.45) is -4.32. The molecule has 1 amide bonds. The molecule has 0 spiro atoms. The summed E-state index contributed by atoms with van der Waals surface area (Å²) >= 11 is 0. The van der Waals surface area contributed by atoms with Crippen molar-refractivity contribution in [3.05, 3.63) is 48.6 Å². The molecule has 110 valence electrons. The van der Waals surface area contributed by atoms with Crippen LogP contribution in [0, 0.1) is 0 Å². The lowest BCUT2D eigenvalue weighted by Crippen LogP contribution is -2.45. The molecule has 3 nitrogen and oxygen atoms in total. The highest BCUT2D eigenvalue weighted by Gasteiger charge is 2.40. The topological polar surface area (TPSA) is 38.3 Å². The van der Waals surface area contributed by atoms with Gasteiger partial charge in [0.05, 0.1) is 0 Å². The van der Waals surface area contributed by atoms with Gasteiger partial charge in [0.1, 0.15) is 12.6 Å². The van der Waals surface area contributed by atoms with E-state index in [0.717, 1.165) is 0 Å². The van der Waals surface area contributed by atoms with E-state index in [-0.39, 0.29) is 19.4 Å². The van der Waals surface area contributed by atoms with E-state index in [9.17, 15) is 18.0 Å². The smallest absolute Gasteiger partial charge is 0.408 e. The third-order valence-electron chi connectivity index (χ3n) is 2.56. The van der Waals surface area contributed by atoms with Crippen molar-refractivity contribution in [2.75, 3.05) is 0 Å². The molecule has 0 aliphatic rings. The van der Waals surface area contributed by atoms with Crippen LogP contribution in [0.4, 0.5) is 18.0 Å². The highest BCUT2D eigenvalue weighted by atomic mass is 19.4. The van der Waals surface area contributed by atoms with Crippen LogP contribution < -0.4 is 5.32 Å². The van der Waals surface area contributed by atoms with Crippen molar-refractivity contribution in [2.24, 2.45) is 0 Å².